The number of nitrogens with one attached hydrogen (secondary N) is 1. The Hall–Kier alpha value is -1.73. The normalized spacial score (nSPS) is 18.8. The maximum absolute atomic E-state index is 11.9. The van der Waals surface area contributed by atoms with Crippen LogP contribution >= 0.6 is 11.3 Å². The van der Waals surface area contributed by atoms with Gasteiger partial charge in [0.05, 0.1) is 11.9 Å². The van der Waals surface area contributed by atoms with Crippen LogP contribution in [-0.2, 0) is 11.3 Å². The van der Waals surface area contributed by atoms with Crippen LogP contribution in [0.2, 0.25) is 0 Å². The number of anilines is 1. The molecule has 1 atom stereocenters. The van der Waals surface area contributed by atoms with E-state index in [0.29, 0.717) is 30.5 Å². The molecule has 3 N–H and O–H groups in total. The van der Waals surface area contributed by atoms with Gasteiger partial charge in [-0.2, -0.15) is 0 Å². The van der Waals surface area contributed by atoms with Crippen LogP contribution in [0, 0.1) is 19.8 Å². The molecular formula is C14H19N5OS. The molecule has 0 saturated carbocycles. The van der Waals surface area contributed by atoms with Gasteiger partial charge in [0.15, 0.2) is 11.6 Å². The van der Waals surface area contributed by atoms with E-state index in [2.05, 4.69) is 29.2 Å². The molecule has 0 bridgehead atoms. The third-order valence-corrected chi connectivity index (χ3v) is 5.05. The monoisotopic (exact) mass is 305 g/mol. The van der Waals surface area contributed by atoms with Crippen molar-refractivity contribution in [3.8, 4) is 0 Å². The fourth-order valence-electron chi connectivity index (χ4n) is 2.76. The van der Waals surface area contributed by atoms with Crippen LogP contribution in [0.5, 0.6) is 0 Å². The molecule has 3 heterocycles. The zero-order valence-electron chi connectivity index (χ0n) is 12.4. The average molecular weight is 305 g/mol. The molecule has 0 aliphatic carbocycles. The van der Waals surface area contributed by atoms with Gasteiger partial charge in [-0.05, 0) is 25.3 Å². The van der Waals surface area contributed by atoms with E-state index in [1.165, 1.54) is 4.88 Å². The minimum Gasteiger partial charge on any atom is -0.335 e. The second-order valence-electron chi connectivity index (χ2n) is 5.68. The summed E-state index contributed by atoms with van der Waals surface area (Å²) in [4.78, 5) is 24.9. The van der Waals surface area contributed by atoms with Gasteiger partial charge in [0.2, 0.25) is 5.91 Å². The Morgan fingerprint density at radius 2 is 2.19 bits per heavy atom. The standard InChI is InChI=1S/C14H19N5OS/c1-7-4-11(20)19(5-7)6-10-16-13(18-15)12-8(2)9(3)21-14(12)17-10/h7H,4-6,15H2,1-3H3,(H,16,17,18). The summed E-state index contributed by atoms with van der Waals surface area (Å²) in [5.41, 5.74) is 3.81. The molecule has 0 spiro atoms. The highest BCUT2D eigenvalue weighted by molar-refractivity contribution is 7.18. The Labute approximate surface area is 127 Å². The Morgan fingerprint density at radius 1 is 1.43 bits per heavy atom. The molecule has 1 unspecified atom stereocenters. The Morgan fingerprint density at radius 3 is 2.81 bits per heavy atom. The number of carbonyl (C=O) groups is 1. The first-order chi connectivity index (χ1) is 9.99. The van der Waals surface area contributed by atoms with Crippen LogP contribution in [0.3, 0.4) is 0 Å². The smallest absolute Gasteiger partial charge is 0.223 e. The van der Waals surface area contributed by atoms with Crippen LogP contribution in [-0.4, -0.2) is 27.3 Å². The van der Waals surface area contributed by atoms with Crippen molar-refractivity contribution in [1.82, 2.24) is 14.9 Å². The first-order valence-corrected chi connectivity index (χ1v) is 7.82. The van der Waals surface area contributed by atoms with E-state index in [1.807, 2.05) is 11.8 Å². The lowest BCUT2D eigenvalue weighted by atomic mass is 10.2. The summed E-state index contributed by atoms with van der Waals surface area (Å²) in [6.07, 6.45) is 0.613. The number of hydrogen-bond acceptors (Lipinski definition) is 6. The second-order valence-corrected chi connectivity index (χ2v) is 6.88. The summed E-state index contributed by atoms with van der Waals surface area (Å²) in [5.74, 6) is 7.45. The molecule has 0 radical (unpaired) electrons. The van der Waals surface area contributed by atoms with Gasteiger partial charge in [-0.1, -0.05) is 6.92 Å². The summed E-state index contributed by atoms with van der Waals surface area (Å²) in [6.45, 7) is 7.41. The fraction of sp³-hybridized carbons (Fsp3) is 0.500. The lowest BCUT2D eigenvalue weighted by Crippen LogP contribution is -2.26. The van der Waals surface area contributed by atoms with E-state index >= 15 is 0 Å². The maximum atomic E-state index is 11.9. The number of aryl methyl sites for hydroxylation is 2. The highest BCUT2D eigenvalue weighted by atomic mass is 32.1. The zero-order chi connectivity index (χ0) is 15.1. The van der Waals surface area contributed by atoms with Crippen molar-refractivity contribution in [2.24, 2.45) is 11.8 Å². The molecule has 1 fully saturated rings. The number of amides is 1. The fourth-order valence-corrected chi connectivity index (χ4v) is 3.81. The van der Waals surface area contributed by atoms with Gasteiger partial charge in [0.1, 0.15) is 4.83 Å². The average Bonchev–Trinajstić information content (AvgIpc) is 2.89. The van der Waals surface area contributed by atoms with Gasteiger partial charge in [0, 0.05) is 17.8 Å². The van der Waals surface area contributed by atoms with Gasteiger partial charge < -0.3 is 10.3 Å². The second kappa shape index (κ2) is 5.23. The number of likely N-dealkylation sites (tertiary alicyclic amines) is 1. The predicted molar refractivity (Wildman–Crippen MR) is 83.9 cm³/mol. The lowest BCUT2D eigenvalue weighted by molar-refractivity contribution is -0.128. The number of nitrogens with two attached hydrogens (primary N) is 1. The Balaban J connectivity index is 1.98. The molecule has 3 rings (SSSR count). The SMILES string of the molecule is Cc1sc2nc(CN3CC(C)CC3=O)nc(NN)c2c1C. The van der Waals surface area contributed by atoms with E-state index in [9.17, 15) is 4.79 Å². The molecule has 112 valence electrons. The van der Waals surface area contributed by atoms with E-state index in [0.717, 1.165) is 22.3 Å². The van der Waals surface area contributed by atoms with Gasteiger partial charge in [-0.3, -0.25) is 4.79 Å². The van der Waals surface area contributed by atoms with E-state index in [-0.39, 0.29) is 5.91 Å². The van der Waals surface area contributed by atoms with E-state index in [4.69, 9.17) is 5.84 Å². The number of nitrogen functional groups attached to an aromatic ring is 1. The molecule has 7 heteroatoms. The largest absolute Gasteiger partial charge is 0.335 e. The van der Waals surface area contributed by atoms with E-state index < -0.39 is 0 Å². The van der Waals surface area contributed by atoms with Crippen LogP contribution in [0.25, 0.3) is 10.2 Å². The van der Waals surface area contributed by atoms with Crippen molar-refractivity contribution >= 4 is 33.3 Å². The molecule has 1 saturated heterocycles. The number of carbonyl (C=O) groups excluding carboxylic acids is 1. The topological polar surface area (TPSA) is 84.1 Å². The number of fused-ring (bicyclic) bond motifs is 1. The number of nitrogens with zero attached hydrogens (tertiary/aromatic N) is 3. The van der Waals surface area contributed by atoms with Crippen LogP contribution in [0.4, 0.5) is 5.82 Å². The van der Waals surface area contributed by atoms with Gasteiger partial charge >= 0.3 is 0 Å². The number of hydrogen-bond donors (Lipinski definition) is 2. The highest BCUT2D eigenvalue weighted by Gasteiger charge is 2.27. The van der Waals surface area contributed by atoms with Crippen LogP contribution in [0.1, 0.15) is 29.6 Å². The van der Waals surface area contributed by atoms with Crippen molar-refractivity contribution in [3.05, 3.63) is 16.3 Å². The van der Waals surface area contributed by atoms with Gasteiger partial charge in [-0.25, -0.2) is 15.8 Å². The van der Waals surface area contributed by atoms with Crippen LogP contribution < -0.4 is 11.3 Å². The molecule has 2 aromatic heterocycles. The molecule has 0 aromatic carbocycles. The summed E-state index contributed by atoms with van der Waals surface area (Å²) in [7, 11) is 0. The molecule has 2 aromatic rings. The predicted octanol–water partition coefficient (Wildman–Crippen LogP) is 1.96. The van der Waals surface area contributed by atoms with Crippen molar-refractivity contribution in [2.45, 2.75) is 33.7 Å². The zero-order valence-corrected chi connectivity index (χ0v) is 13.3. The highest BCUT2D eigenvalue weighted by Crippen LogP contribution is 2.33. The third kappa shape index (κ3) is 2.47. The molecule has 6 nitrogen and oxygen atoms in total. The number of aromatic nitrogens is 2. The van der Waals surface area contributed by atoms with Crippen LogP contribution in [0.15, 0.2) is 0 Å². The van der Waals surface area contributed by atoms with Gasteiger partial charge in [-0.15, -0.1) is 11.3 Å². The quantitative estimate of drug-likeness (QED) is 0.669. The molecule has 1 aliphatic rings. The minimum absolute atomic E-state index is 0.173. The summed E-state index contributed by atoms with van der Waals surface area (Å²) < 4.78 is 0. The van der Waals surface area contributed by atoms with E-state index in [1.54, 1.807) is 11.3 Å². The molecule has 21 heavy (non-hydrogen) atoms. The Bertz CT molecular complexity index is 711. The number of thiophene rings is 1. The van der Waals surface area contributed by atoms with Crippen molar-refractivity contribution < 1.29 is 4.79 Å². The summed E-state index contributed by atoms with van der Waals surface area (Å²) in [5, 5.41) is 0.977. The molecule has 1 amide bonds. The summed E-state index contributed by atoms with van der Waals surface area (Å²) >= 11 is 1.63. The number of hydrazine groups is 1. The van der Waals surface area contributed by atoms with Crippen molar-refractivity contribution in [3.63, 3.8) is 0 Å². The third-order valence-electron chi connectivity index (χ3n) is 3.95. The number of rotatable bonds is 3. The lowest BCUT2D eigenvalue weighted by Gasteiger charge is -2.15. The van der Waals surface area contributed by atoms with Gasteiger partial charge in [0.25, 0.3) is 0 Å². The first kappa shape index (κ1) is 14.2. The van der Waals surface area contributed by atoms with Crippen molar-refractivity contribution in [2.75, 3.05) is 12.0 Å². The van der Waals surface area contributed by atoms with Crippen molar-refractivity contribution in [1.29, 1.82) is 0 Å². The summed E-state index contributed by atoms with van der Waals surface area (Å²) in [6, 6.07) is 0. The first-order valence-electron chi connectivity index (χ1n) is 7.00. The molecular weight excluding hydrogens is 286 g/mol. The maximum Gasteiger partial charge on any atom is 0.223 e. The Kier molecular flexibility index (Phi) is 3.54. The minimum atomic E-state index is 0.173. The molecule has 1 aliphatic heterocycles.